The van der Waals surface area contributed by atoms with Crippen molar-refractivity contribution in [3.63, 3.8) is 0 Å². The molecule has 2 N–H and O–H groups in total. The van der Waals surface area contributed by atoms with Crippen LogP contribution in [0.2, 0.25) is 0 Å². The smallest absolute Gasteiger partial charge is 0.353 e. The van der Waals surface area contributed by atoms with Gasteiger partial charge in [0.2, 0.25) is 0 Å². The van der Waals surface area contributed by atoms with E-state index in [1.54, 1.807) is 0 Å². The van der Waals surface area contributed by atoms with Crippen molar-refractivity contribution in [2.24, 2.45) is 0 Å². The zero-order chi connectivity index (χ0) is 22.8. The van der Waals surface area contributed by atoms with Gasteiger partial charge in [-0.05, 0) is 54.1 Å². The Morgan fingerprint density at radius 2 is 1.70 bits per heavy atom. The van der Waals surface area contributed by atoms with Crippen LogP contribution in [0, 0.1) is 5.82 Å². The summed E-state index contributed by atoms with van der Waals surface area (Å²) in [7, 11) is 0. The monoisotopic (exact) mass is 461 g/mol. The molecule has 1 saturated heterocycles. The number of aromatic nitrogens is 1. The molecule has 4 aromatic rings. The highest BCUT2D eigenvalue weighted by molar-refractivity contribution is 7.99. The number of aromatic amines is 1. The highest BCUT2D eigenvalue weighted by Crippen LogP contribution is 2.37. The lowest BCUT2D eigenvalue weighted by atomic mass is 10.1. The number of anilines is 1. The summed E-state index contributed by atoms with van der Waals surface area (Å²) in [6.45, 7) is 4.39. The maximum atomic E-state index is 13.2. The zero-order valence-corrected chi connectivity index (χ0v) is 18.8. The van der Waals surface area contributed by atoms with Gasteiger partial charge in [0.15, 0.2) is 0 Å². The molecule has 0 aliphatic carbocycles. The van der Waals surface area contributed by atoms with E-state index in [0.29, 0.717) is 0 Å². The Morgan fingerprint density at radius 1 is 0.970 bits per heavy atom. The molecule has 0 atom stereocenters. The standard InChI is InChI=1S/C26H24FN3O2S/c27-19-7-9-20(10-8-19)30-14-12-29(13-15-30)17-18-6-11-23-22(16-18)25(24(28-23)26(31)32)33-21-4-2-1-3-5-21/h1-11,16,28H,12-15,17H2,(H,31,32). The van der Waals surface area contributed by atoms with Crippen molar-refractivity contribution >= 4 is 34.3 Å². The van der Waals surface area contributed by atoms with Crippen molar-refractivity contribution in [2.75, 3.05) is 31.1 Å². The summed E-state index contributed by atoms with van der Waals surface area (Å²) in [4.78, 5) is 21.4. The summed E-state index contributed by atoms with van der Waals surface area (Å²) in [5, 5.41) is 10.7. The minimum Gasteiger partial charge on any atom is -0.477 e. The van der Waals surface area contributed by atoms with Gasteiger partial charge in [0.25, 0.3) is 0 Å². The Kier molecular flexibility index (Phi) is 6.07. The van der Waals surface area contributed by atoms with Crippen molar-refractivity contribution in [2.45, 2.75) is 16.3 Å². The van der Waals surface area contributed by atoms with Gasteiger partial charge in [0, 0.05) is 54.2 Å². The van der Waals surface area contributed by atoms with Crippen LogP contribution < -0.4 is 4.90 Å². The number of nitrogens with zero attached hydrogens (tertiary/aromatic N) is 2. The second-order valence-corrected chi connectivity index (χ2v) is 9.25. The van der Waals surface area contributed by atoms with Crippen LogP contribution in [0.5, 0.6) is 0 Å². The molecule has 0 radical (unpaired) electrons. The van der Waals surface area contributed by atoms with Gasteiger partial charge >= 0.3 is 5.97 Å². The lowest BCUT2D eigenvalue weighted by Gasteiger charge is -2.36. The maximum Gasteiger partial charge on any atom is 0.353 e. The largest absolute Gasteiger partial charge is 0.477 e. The van der Waals surface area contributed by atoms with Gasteiger partial charge in [0.05, 0.1) is 4.90 Å². The number of carbonyl (C=O) groups is 1. The summed E-state index contributed by atoms with van der Waals surface area (Å²) in [6, 6.07) is 22.6. The molecule has 1 aliphatic heterocycles. The fourth-order valence-electron chi connectivity index (χ4n) is 4.25. The van der Waals surface area contributed by atoms with Crippen molar-refractivity contribution in [1.29, 1.82) is 0 Å². The Morgan fingerprint density at radius 3 is 2.39 bits per heavy atom. The maximum absolute atomic E-state index is 13.2. The van der Waals surface area contributed by atoms with Gasteiger partial charge in [-0.2, -0.15) is 0 Å². The molecule has 0 unspecified atom stereocenters. The molecule has 0 bridgehead atoms. The molecule has 33 heavy (non-hydrogen) atoms. The van der Waals surface area contributed by atoms with Gasteiger partial charge in [-0.3, -0.25) is 4.90 Å². The topological polar surface area (TPSA) is 59.6 Å². The molecule has 1 aromatic heterocycles. The van der Waals surface area contributed by atoms with Gasteiger partial charge in [0.1, 0.15) is 11.5 Å². The number of rotatable bonds is 6. The Bertz CT molecular complexity index is 1270. The number of benzene rings is 3. The van der Waals surface area contributed by atoms with E-state index in [2.05, 4.69) is 26.9 Å². The molecule has 1 fully saturated rings. The van der Waals surface area contributed by atoms with Crippen molar-refractivity contribution < 1.29 is 14.3 Å². The predicted molar refractivity (Wildman–Crippen MR) is 130 cm³/mol. The van der Waals surface area contributed by atoms with Crippen LogP contribution in [0.3, 0.4) is 0 Å². The number of halogens is 1. The Balaban J connectivity index is 1.33. The SMILES string of the molecule is O=C(O)c1[nH]c2ccc(CN3CCN(c4ccc(F)cc4)CC3)cc2c1Sc1ccccc1. The third-order valence-electron chi connectivity index (χ3n) is 5.96. The third kappa shape index (κ3) is 4.74. The molecule has 0 saturated carbocycles. The van der Waals surface area contributed by atoms with Gasteiger partial charge < -0.3 is 15.0 Å². The summed E-state index contributed by atoms with van der Waals surface area (Å²) in [5.41, 5.74) is 3.26. The van der Waals surface area contributed by atoms with E-state index >= 15 is 0 Å². The second-order valence-electron chi connectivity index (χ2n) is 8.17. The average Bonchev–Trinajstić information content (AvgIpc) is 3.19. The van der Waals surface area contributed by atoms with E-state index < -0.39 is 5.97 Å². The van der Waals surface area contributed by atoms with Crippen LogP contribution in [-0.4, -0.2) is 47.1 Å². The van der Waals surface area contributed by atoms with E-state index in [1.165, 1.54) is 23.9 Å². The molecule has 1 aliphatic rings. The number of carboxylic acid groups (broad SMARTS) is 1. The van der Waals surface area contributed by atoms with E-state index in [0.717, 1.165) is 64.7 Å². The molecule has 3 aromatic carbocycles. The number of piperazine rings is 1. The van der Waals surface area contributed by atoms with E-state index in [-0.39, 0.29) is 11.5 Å². The van der Waals surface area contributed by atoms with Gasteiger partial charge in [-0.25, -0.2) is 9.18 Å². The first-order valence-electron chi connectivity index (χ1n) is 10.9. The van der Waals surface area contributed by atoms with E-state index in [1.807, 2.05) is 48.5 Å². The lowest BCUT2D eigenvalue weighted by molar-refractivity contribution is 0.0687. The highest BCUT2D eigenvalue weighted by atomic mass is 32.2. The van der Waals surface area contributed by atoms with Crippen LogP contribution in [-0.2, 0) is 6.54 Å². The molecule has 7 heteroatoms. The first-order chi connectivity index (χ1) is 16.1. The second kappa shape index (κ2) is 9.29. The molecule has 5 rings (SSSR count). The molecule has 168 valence electrons. The van der Waals surface area contributed by atoms with Crippen LogP contribution in [0.4, 0.5) is 10.1 Å². The number of aromatic carboxylic acids is 1. The van der Waals surface area contributed by atoms with Crippen LogP contribution >= 0.6 is 11.8 Å². The molecular formula is C26H24FN3O2S. The van der Waals surface area contributed by atoms with Crippen molar-refractivity contribution in [3.05, 3.63) is 89.9 Å². The predicted octanol–water partition coefficient (Wildman–Crippen LogP) is 5.48. The highest BCUT2D eigenvalue weighted by Gasteiger charge is 2.20. The first-order valence-corrected chi connectivity index (χ1v) is 11.7. The van der Waals surface area contributed by atoms with Crippen molar-refractivity contribution in [1.82, 2.24) is 9.88 Å². The zero-order valence-electron chi connectivity index (χ0n) is 18.0. The quantitative estimate of drug-likeness (QED) is 0.398. The minimum absolute atomic E-state index is 0.214. The molecular weight excluding hydrogens is 437 g/mol. The van der Waals surface area contributed by atoms with Crippen LogP contribution in [0.1, 0.15) is 16.1 Å². The van der Waals surface area contributed by atoms with Gasteiger partial charge in [-0.15, -0.1) is 0 Å². The molecule has 0 amide bonds. The molecule has 2 heterocycles. The van der Waals surface area contributed by atoms with Crippen molar-refractivity contribution in [3.8, 4) is 0 Å². The number of carboxylic acids is 1. The summed E-state index contributed by atoms with van der Waals surface area (Å²) in [6.07, 6.45) is 0. The minimum atomic E-state index is -0.955. The Labute approximate surface area is 195 Å². The average molecular weight is 462 g/mol. The van der Waals surface area contributed by atoms with Crippen LogP contribution in [0.15, 0.2) is 82.6 Å². The first kappa shape index (κ1) is 21.6. The third-order valence-corrected chi connectivity index (χ3v) is 7.10. The summed E-state index contributed by atoms with van der Waals surface area (Å²) >= 11 is 1.47. The fraction of sp³-hybridized carbons (Fsp3) is 0.192. The number of fused-ring (bicyclic) bond motifs is 1. The molecule has 0 spiro atoms. The Hall–Kier alpha value is -3.29. The molecule has 5 nitrogen and oxygen atoms in total. The van der Waals surface area contributed by atoms with E-state index in [4.69, 9.17) is 0 Å². The summed E-state index contributed by atoms with van der Waals surface area (Å²) < 4.78 is 13.2. The number of nitrogens with one attached hydrogen (secondary N) is 1. The number of hydrogen-bond acceptors (Lipinski definition) is 4. The fourth-order valence-corrected chi connectivity index (χ4v) is 5.30. The number of H-pyrrole nitrogens is 1. The number of hydrogen-bond donors (Lipinski definition) is 2. The lowest BCUT2D eigenvalue weighted by Crippen LogP contribution is -2.45. The van der Waals surface area contributed by atoms with Gasteiger partial charge in [-0.1, -0.05) is 36.0 Å². The normalized spacial score (nSPS) is 14.6. The van der Waals surface area contributed by atoms with E-state index in [9.17, 15) is 14.3 Å². The summed E-state index contributed by atoms with van der Waals surface area (Å²) in [5.74, 6) is -1.17. The van der Waals surface area contributed by atoms with Crippen LogP contribution in [0.25, 0.3) is 10.9 Å².